The first-order valence-corrected chi connectivity index (χ1v) is 10.2. The van der Waals surface area contributed by atoms with Gasteiger partial charge in [-0.3, -0.25) is 9.89 Å². The highest BCUT2D eigenvalue weighted by Crippen LogP contribution is 2.32. The molecular formula is C20H27N5O. The van der Waals surface area contributed by atoms with E-state index in [2.05, 4.69) is 25.9 Å². The fourth-order valence-corrected chi connectivity index (χ4v) is 4.78. The van der Waals surface area contributed by atoms with Gasteiger partial charge in [0.2, 0.25) is 0 Å². The smallest absolute Gasteiger partial charge is 0.274 e. The van der Waals surface area contributed by atoms with Crippen molar-refractivity contribution >= 4 is 5.91 Å². The predicted molar refractivity (Wildman–Crippen MR) is 98.1 cm³/mol. The molecule has 0 unspecified atom stereocenters. The Morgan fingerprint density at radius 2 is 2.00 bits per heavy atom. The maximum atomic E-state index is 12.9. The van der Waals surface area contributed by atoms with Crippen LogP contribution in [0, 0.1) is 5.92 Å². The zero-order valence-electron chi connectivity index (χ0n) is 15.3. The molecule has 1 N–H and O–H groups in total. The first-order chi connectivity index (χ1) is 12.8. The van der Waals surface area contributed by atoms with E-state index >= 15 is 0 Å². The van der Waals surface area contributed by atoms with E-state index in [1.54, 1.807) is 0 Å². The maximum absolute atomic E-state index is 12.9. The van der Waals surface area contributed by atoms with Gasteiger partial charge in [-0.25, -0.2) is 4.98 Å². The second-order valence-corrected chi connectivity index (χ2v) is 8.18. The van der Waals surface area contributed by atoms with Gasteiger partial charge in [0.1, 0.15) is 5.82 Å². The molecule has 0 spiro atoms. The van der Waals surface area contributed by atoms with Crippen LogP contribution in [0.15, 0.2) is 12.4 Å². The molecule has 0 atom stereocenters. The number of hydrogen-bond donors (Lipinski definition) is 1. The lowest BCUT2D eigenvalue weighted by atomic mass is 9.85. The molecule has 138 valence electrons. The van der Waals surface area contributed by atoms with Gasteiger partial charge in [0.05, 0.1) is 0 Å². The summed E-state index contributed by atoms with van der Waals surface area (Å²) in [6.45, 7) is 2.73. The zero-order chi connectivity index (χ0) is 17.5. The second kappa shape index (κ2) is 6.56. The first-order valence-electron chi connectivity index (χ1n) is 10.2. The van der Waals surface area contributed by atoms with Crippen molar-refractivity contribution in [1.29, 1.82) is 0 Å². The minimum Gasteiger partial charge on any atom is -0.337 e. The van der Waals surface area contributed by atoms with Crippen molar-refractivity contribution in [2.45, 2.75) is 63.8 Å². The lowest BCUT2D eigenvalue weighted by Crippen LogP contribution is -2.39. The highest BCUT2D eigenvalue weighted by Gasteiger charge is 2.31. The van der Waals surface area contributed by atoms with E-state index in [4.69, 9.17) is 0 Å². The maximum Gasteiger partial charge on any atom is 0.274 e. The van der Waals surface area contributed by atoms with E-state index in [0.717, 1.165) is 63.2 Å². The molecule has 0 bridgehead atoms. The molecule has 1 aliphatic heterocycles. The Labute approximate surface area is 154 Å². The van der Waals surface area contributed by atoms with Gasteiger partial charge in [0.15, 0.2) is 5.69 Å². The highest BCUT2D eigenvalue weighted by molar-refractivity contribution is 5.94. The normalized spacial score (nSPS) is 21.0. The lowest BCUT2D eigenvalue weighted by molar-refractivity contribution is 0.0703. The van der Waals surface area contributed by atoms with Crippen LogP contribution >= 0.6 is 0 Å². The third-order valence-corrected chi connectivity index (χ3v) is 6.58. The number of H-pyrrole nitrogens is 1. The van der Waals surface area contributed by atoms with E-state index in [1.165, 1.54) is 30.8 Å². The monoisotopic (exact) mass is 353 g/mol. The summed E-state index contributed by atoms with van der Waals surface area (Å²) in [4.78, 5) is 19.5. The van der Waals surface area contributed by atoms with Gasteiger partial charge < -0.3 is 9.47 Å². The van der Waals surface area contributed by atoms with Gasteiger partial charge in [-0.1, -0.05) is 6.42 Å². The van der Waals surface area contributed by atoms with Gasteiger partial charge in [0, 0.05) is 49.2 Å². The average Bonchev–Trinajstić information content (AvgIpc) is 3.34. The minimum atomic E-state index is 0.112. The molecule has 6 nitrogen and oxygen atoms in total. The summed E-state index contributed by atoms with van der Waals surface area (Å²) in [6.07, 6.45) is 13.3. The molecule has 1 saturated heterocycles. The van der Waals surface area contributed by atoms with E-state index in [0.29, 0.717) is 11.6 Å². The van der Waals surface area contributed by atoms with Crippen LogP contribution in [0.1, 0.15) is 72.0 Å². The number of aromatic nitrogens is 4. The highest BCUT2D eigenvalue weighted by atomic mass is 16.2. The lowest BCUT2D eigenvalue weighted by Gasteiger charge is -2.32. The molecule has 2 fully saturated rings. The number of fused-ring (bicyclic) bond motifs is 1. The summed E-state index contributed by atoms with van der Waals surface area (Å²) in [5.74, 6) is 2.65. The van der Waals surface area contributed by atoms with Gasteiger partial charge in [0.25, 0.3) is 5.91 Å². The molecule has 26 heavy (non-hydrogen) atoms. The van der Waals surface area contributed by atoms with E-state index in [9.17, 15) is 4.79 Å². The third-order valence-electron chi connectivity index (χ3n) is 6.58. The molecular weight excluding hydrogens is 326 g/mol. The van der Waals surface area contributed by atoms with Crippen molar-refractivity contribution in [3.05, 3.63) is 35.2 Å². The van der Waals surface area contributed by atoms with Crippen LogP contribution < -0.4 is 0 Å². The minimum absolute atomic E-state index is 0.112. The molecule has 6 heteroatoms. The Kier molecular flexibility index (Phi) is 4.06. The number of hydrogen-bond acceptors (Lipinski definition) is 3. The van der Waals surface area contributed by atoms with Crippen molar-refractivity contribution in [3.63, 3.8) is 0 Å². The Balaban J connectivity index is 1.24. The molecule has 5 rings (SSSR count). The standard InChI is InChI=1S/C20H27N5O/c26-20(18-16-5-2-6-17(16)22-23-18)24-10-7-15(8-11-24)19-21-9-12-25(19)13-14-3-1-4-14/h9,12,14-15H,1-8,10-11,13H2,(H,22,23). The number of nitrogens with one attached hydrogen (secondary N) is 1. The molecule has 3 heterocycles. The van der Waals surface area contributed by atoms with Crippen LogP contribution in [0.5, 0.6) is 0 Å². The zero-order valence-corrected chi connectivity index (χ0v) is 15.3. The van der Waals surface area contributed by atoms with Gasteiger partial charge in [-0.2, -0.15) is 5.10 Å². The van der Waals surface area contributed by atoms with Crippen LogP contribution in [0.4, 0.5) is 0 Å². The average molecular weight is 353 g/mol. The van der Waals surface area contributed by atoms with E-state index < -0.39 is 0 Å². The summed E-state index contributed by atoms with van der Waals surface area (Å²) in [6, 6.07) is 0. The number of piperidine rings is 1. The van der Waals surface area contributed by atoms with Gasteiger partial charge in [-0.15, -0.1) is 0 Å². The summed E-state index contributed by atoms with van der Waals surface area (Å²) >= 11 is 0. The SMILES string of the molecule is O=C(c1n[nH]c2c1CCC2)N1CCC(c2nccn2CC2CCC2)CC1. The molecule has 1 amide bonds. The van der Waals surface area contributed by atoms with Crippen LogP contribution in [-0.4, -0.2) is 43.6 Å². The van der Waals surface area contributed by atoms with Crippen molar-refractivity contribution in [1.82, 2.24) is 24.6 Å². The van der Waals surface area contributed by atoms with Gasteiger partial charge >= 0.3 is 0 Å². The molecule has 2 aromatic rings. The van der Waals surface area contributed by atoms with Crippen LogP contribution in [0.3, 0.4) is 0 Å². The van der Waals surface area contributed by atoms with Gasteiger partial charge in [-0.05, 0) is 50.9 Å². The third kappa shape index (κ3) is 2.75. The number of nitrogens with zero attached hydrogens (tertiary/aromatic N) is 4. The predicted octanol–water partition coefficient (Wildman–Crippen LogP) is 2.91. The fourth-order valence-electron chi connectivity index (χ4n) is 4.78. The molecule has 2 aliphatic carbocycles. The number of likely N-dealkylation sites (tertiary alicyclic amines) is 1. The van der Waals surface area contributed by atoms with E-state index in [1.807, 2.05) is 11.1 Å². The fraction of sp³-hybridized carbons (Fsp3) is 0.650. The summed E-state index contributed by atoms with van der Waals surface area (Å²) in [7, 11) is 0. The van der Waals surface area contributed by atoms with Crippen molar-refractivity contribution in [2.75, 3.05) is 13.1 Å². The summed E-state index contributed by atoms with van der Waals surface area (Å²) in [5, 5.41) is 7.37. The molecule has 0 radical (unpaired) electrons. The number of imidazole rings is 1. The second-order valence-electron chi connectivity index (χ2n) is 8.18. The van der Waals surface area contributed by atoms with Crippen LogP contribution in [-0.2, 0) is 19.4 Å². The number of carbonyl (C=O) groups excluding carboxylic acids is 1. The summed E-state index contributed by atoms with van der Waals surface area (Å²) < 4.78 is 2.37. The quantitative estimate of drug-likeness (QED) is 0.919. The number of rotatable bonds is 4. The molecule has 0 aromatic carbocycles. The Morgan fingerprint density at radius 3 is 2.77 bits per heavy atom. The number of amides is 1. The summed E-state index contributed by atoms with van der Waals surface area (Å²) in [5.41, 5.74) is 3.00. The Morgan fingerprint density at radius 1 is 1.15 bits per heavy atom. The van der Waals surface area contributed by atoms with E-state index in [-0.39, 0.29) is 5.91 Å². The van der Waals surface area contributed by atoms with Crippen molar-refractivity contribution < 1.29 is 4.79 Å². The van der Waals surface area contributed by atoms with Crippen molar-refractivity contribution in [3.8, 4) is 0 Å². The van der Waals surface area contributed by atoms with Crippen LogP contribution in [0.2, 0.25) is 0 Å². The first kappa shape index (κ1) is 16.1. The Bertz CT molecular complexity index is 795. The van der Waals surface area contributed by atoms with Crippen molar-refractivity contribution in [2.24, 2.45) is 5.92 Å². The number of carbonyl (C=O) groups is 1. The Hall–Kier alpha value is -2.11. The molecule has 1 saturated carbocycles. The molecule has 3 aliphatic rings. The number of aromatic amines is 1. The topological polar surface area (TPSA) is 66.8 Å². The number of aryl methyl sites for hydroxylation is 1. The molecule has 2 aromatic heterocycles. The van der Waals surface area contributed by atoms with Crippen LogP contribution in [0.25, 0.3) is 0 Å². The largest absolute Gasteiger partial charge is 0.337 e.